The van der Waals surface area contributed by atoms with Crippen molar-refractivity contribution < 1.29 is 22.6 Å². The minimum absolute atomic E-state index is 0.0395. The number of rotatable bonds is 9. The monoisotopic (exact) mass is 593 g/mol. The molecular weight excluding hydrogens is 575 g/mol. The highest BCUT2D eigenvalue weighted by molar-refractivity contribution is 8.18. The number of thiazole rings is 1. The van der Waals surface area contributed by atoms with Gasteiger partial charge in [0.25, 0.3) is 21.6 Å². The van der Waals surface area contributed by atoms with Crippen molar-refractivity contribution in [3.8, 4) is 11.3 Å². The summed E-state index contributed by atoms with van der Waals surface area (Å²) in [6.07, 6.45) is 4.61. The zero-order valence-electron chi connectivity index (χ0n) is 20.5. The van der Waals surface area contributed by atoms with Gasteiger partial charge >= 0.3 is 0 Å². The van der Waals surface area contributed by atoms with Gasteiger partial charge in [0.2, 0.25) is 0 Å². The van der Waals surface area contributed by atoms with Gasteiger partial charge in [-0.2, -0.15) is 0 Å². The Morgan fingerprint density at radius 2 is 1.93 bits per heavy atom. The average molecular weight is 594 g/mol. The molecule has 5 rings (SSSR count). The maximum absolute atomic E-state index is 13.1. The fourth-order valence-corrected chi connectivity index (χ4v) is 6.46. The van der Waals surface area contributed by atoms with Crippen molar-refractivity contribution in [2.24, 2.45) is 4.99 Å². The van der Waals surface area contributed by atoms with Crippen LogP contribution in [-0.4, -0.2) is 40.8 Å². The lowest BCUT2D eigenvalue weighted by Crippen LogP contribution is -2.29. The summed E-state index contributed by atoms with van der Waals surface area (Å²) in [5.74, 6) is 0.316. The largest absolute Gasteiger partial charge is 0.456 e. The Morgan fingerprint density at radius 3 is 2.62 bits per heavy atom. The molecule has 1 N–H and O–H groups in total. The van der Waals surface area contributed by atoms with Crippen LogP contribution >= 0.6 is 23.1 Å². The number of furan rings is 1. The number of carbonyl (C=O) groups is 1. The van der Waals surface area contributed by atoms with Gasteiger partial charge in [-0.25, -0.2) is 18.4 Å². The topological polar surface area (TPSA) is 148 Å². The van der Waals surface area contributed by atoms with Gasteiger partial charge in [0.1, 0.15) is 11.5 Å². The van der Waals surface area contributed by atoms with E-state index in [9.17, 15) is 23.3 Å². The summed E-state index contributed by atoms with van der Waals surface area (Å²) in [6.45, 7) is 3.91. The van der Waals surface area contributed by atoms with Gasteiger partial charge in [0.15, 0.2) is 10.3 Å². The number of nitrogens with zero attached hydrogens (tertiary/aromatic N) is 4. The zero-order valence-corrected chi connectivity index (χ0v) is 22.9. The SMILES string of the molecule is C=CCN1C(=O)C(=Cc2ccc(-c3ccccc3[N+](=O)[O-])o2)SC1=Nc1ccc(S(=O)(=O)Nc2nccs2)cc1. The number of carbonyl (C=O) groups excluding carboxylic acids is 1. The maximum atomic E-state index is 13.1. The lowest BCUT2D eigenvalue weighted by atomic mass is 10.1. The van der Waals surface area contributed by atoms with Crippen LogP contribution in [0.1, 0.15) is 5.76 Å². The van der Waals surface area contributed by atoms with Crippen LogP contribution < -0.4 is 4.72 Å². The summed E-state index contributed by atoms with van der Waals surface area (Å²) in [5, 5.41) is 13.7. The van der Waals surface area contributed by atoms with Gasteiger partial charge in [-0.05, 0) is 54.2 Å². The van der Waals surface area contributed by atoms with E-state index in [1.165, 1.54) is 52.8 Å². The van der Waals surface area contributed by atoms with Crippen molar-refractivity contribution in [2.75, 3.05) is 11.3 Å². The summed E-state index contributed by atoms with van der Waals surface area (Å²) in [4.78, 5) is 34.3. The molecule has 1 saturated heterocycles. The molecule has 40 heavy (non-hydrogen) atoms. The maximum Gasteiger partial charge on any atom is 0.280 e. The van der Waals surface area contributed by atoms with Crippen molar-refractivity contribution in [1.29, 1.82) is 0 Å². The summed E-state index contributed by atoms with van der Waals surface area (Å²) in [7, 11) is -3.81. The number of benzene rings is 2. The van der Waals surface area contributed by atoms with Crippen molar-refractivity contribution in [3.63, 3.8) is 0 Å². The van der Waals surface area contributed by atoms with Crippen molar-refractivity contribution >= 4 is 66.8 Å². The highest BCUT2D eigenvalue weighted by atomic mass is 32.2. The number of amides is 1. The second kappa shape index (κ2) is 11.3. The lowest BCUT2D eigenvalue weighted by molar-refractivity contribution is -0.384. The van der Waals surface area contributed by atoms with E-state index in [4.69, 9.17) is 4.42 Å². The minimum Gasteiger partial charge on any atom is -0.456 e. The molecule has 0 atom stereocenters. The highest BCUT2D eigenvalue weighted by Gasteiger charge is 2.33. The Bertz CT molecular complexity index is 1760. The number of amidine groups is 1. The molecule has 3 heterocycles. The van der Waals surface area contributed by atoms with Crippen LogP contribution in [-0.2, 0) is 14.8 Å². The normalized spacial score (nSPS) is 15.6. The summed E-state index contributed by atoms with van der Waals surface area (Å²) in [6, 6.07) is 15.4. The quantitative estimate of drug-likeness (QED) is 0.109. The summed E-state index contributed by atoms with van der Waals surface area (Å²) in [5.41, 5.74) is 0.674. The van der Waals surface area contributed by atoms with Gasteiger partial charge in [-0.1, -0.05) is 18.2 Å². The molecule has 1 aliphatic heterocycles. The van der Waals surface area contributed by atoms with Crippen LogP contribution in [0, 0.1) is 10.1 Å². The molecule has 0 unspecified atom stereocenters. The molecule has 2 aromatic carbocycles. The van der Waals surface area contributed by atoms with E-state index in [0.717, 1.165) is 11.8 Å². The Kier molecular flexibility index (Phi) is 7.64. The van der Waals surface area contributed by atoms with E-state index in [1.807, 2.05) is 0 Å². The van der Waals surface area contributed by atoms with E-state index in [0.29, 0.717) is 32.8 Å². The van der Waals surface area contributed by atoms with Crippen molar-refractivity contribution in [3.05, 3.63) is 106 Å². The molecule has 202 valence electrons. The van der Waals surface area contributed by atoms with Crippen LogP contribution in [0.15, 0.2) is 104 Å². The van der Waals surface area contributed by atoms with Crippen LogP contribution in [0.25, 0.3) is 17.4 Å². The molecule has 14 heteroatoms. The molecule has 4 aromatic rings. The number of sulfonamides is 1. The zero-order chi connectivity index (χ0) is 28.3. The number of hydrogen-bond donors (Lipinski definition) is 1. The standard InChI is InChI=1S/C26H19N5O6S3/c1-2-14-30-24(32)23(16-18-9-12-22(37-18)20-5-3-4-6-21(20)31(33)34)39-26(30)28-17-7-10-19(11-8-17)40(35,36)29-25-27-13-15-38-25/h2-13,15-16H,1,14H2,(H,27,29). The Morgan fingerprint density at radius 1 is 1.15 bits per heavy atom. The molecule has 1 fully saturated rings. The molecule has 2 aromatic heterocycles. The second-order valence-corrected chi connectivity index (χ2v) is 11.7. The first kappa shape index (κ1) is 27.1. The first-order valence-corrected chi connectivity index (χ1v) is 14.7. The van der Waals surface area contributed by atoms with E-state index in [-0.39, 0.29) is 28.2 Å². The molecule has 0 saturated carbocycles. The molecule has 0 radical (unpaired) electrons. The van der Waals surface area contributed by atoms with Gasteiger partial charge in [0.05, 0.1) is 26.0 Å². The van der Waals surface area contributed by atoms with E-state index in [1.54, 1.807) is 47.9 Å². The van der Waals surface area contributed by atoms with Crippen molar-refractivity contribution in [2.45, 2.75) is 4.90 Å². The number of hydrogen-bond acceptors (Lipinski definition) is 10. The summed E-state index contributed by atoms with van der Waals surface area (Å²) >= 11 is 2.28. The summed E-state index contributed by atoms with van der Waals surface area (Å²) < 4.78 is 33.4. The number of aromatic nitrogens is 1. The Labute approximate surface area is 236 Å². The van der Waals surface area contributed by atoms with Crippen molar-refractivity contribution in [1.82, 2.24) is 9.88 Å². The number of nitrogens with one attached hydrogen (secondary N) is 1. The number of thioether (sulfide) groups is 1. The molecule has 11 nitrogen and oxygen atoms in total. The fraction of sp³-hybridized carbons (Fsp3) is 0.0385. The molecule has 1 amide bonds. The van der Waals surface area contributed by atoms with E-state index < -0.39 is 14.9 Å². The van der Waals surface area contributed by atoms with Gasteiger partial charge in [0, 0.05) is 30.3 Å². The predicted octanol–water partition coefficient (Wildman–Crippen LogP) is 5.90. The predicted molar refractivity (Wildman–Crippen MR) is 155 cm³/mol. The second-order valence-electron chi connectivity index (χ2n) is 8.12. The van der Waals surface area contributed by atoms with Gasteiger partial charge in [-0.15, -0.1) is 17.9 Å². The molecule has 1 aliphatic rings. The highest BCUT2D eigenvalue weighted by Crippen LogP contribution is 2.36. The third-order valence-electron chi connectivity index (χ3n) is 5.49. The van der Waals surface area contributed by atoms with Gasteiger partial charge in [-0.3, -0.25) is 24.5 Å². The number of nitro benzene ring substituents is 1. The van der Waals surface area contributed by atoms with Crippen LogP contribution in [0.2, 0.25) is 0 Å². The Balaban J connectivity index is 1.39. The van der Waals surface area contributed by atoms with E-state index >= 15 is 0 Å². The molecular formula is C26H19N5O6S3. The van der Waals surface area contributed by atoms with Gasteiger partial charge < -0.3 is 4.42 Å². The average Bonchev–Trinajstić information content (AvgIpc) is 3.68. The third kappa shape index (κ3) is 5.73. The number of nitro groups is 1. The lowest BCUT2D eigenvalue weighted by Gasteiger charge is -2.12. The van der Waals surface area contributed by atoms with Crippen LogP contribution in [0.4, 0.5) is 16.5 Å². The first-order chi connectivity index (χ1) is 19.2. The molecule has 0 spiro atoms. The van der Waals surface area contributed by atoms with Crippen LogP contribution in [0.5, 0.6) is 0 Å². The number of aliphatic imine (C=N–C) groups is 1. The fourth-order valence-electron chi connectivity index (χ4n) is 3.69. The number of anilines is 1. The smallest absolute Gasteiger partial charge is 0.280 e. The first-order valence-electron chi connectivity index (χ1n) is 11.5. The van der Waals surface area contributed by atoms with E-state index in [2.05, 4.69) is 21.3 Å². The molecule has 0 bridgehead atoms. The third-order valence-corrected chi connectivity index (χ3v) is 8.67. The van der Waals surface area contributed by atoms with Crippen LogP contribution in [0.3, 0.4) is 0 Å². The minimum atomic E-state index is -3.81. The molecule has 0 aliphatic carbocycles. The number of para-hydroxylation sites is 1. The Hall–Kier alpha value is -4.53.